The summed E-state index contributed by atoms with van der Waals surface area (Å²) in [5.74, 6) is -0.521. The predicted molar refractivity (Wildman–Crippen MR) is 52.6 cm³/mol. The number of carbonyl (C=O) groups excluding carboxylic acids is 2. The standard InChI is InChI=1S/C11H9NO3/c1-7-3-8(11(14)15-2)4-9(5-12)10(7)6-13/h3-4,6H,1-2H3. The molecule has 0 bridgehead atoms. The Morgan fingerprint density at radius 3 is 2.67 bits per heavy atom. The minimum atomic E-state index is -0.521. The largest absolute Gasteiger partial charge is 0.465 e. The van der Waals surface area contributed by atoms with Crippen molar-refractivity contribution < 1.29 is 14.3 Å². The fraction of sp³-hybridized carbons (Fsp3) is 0.182. The van der Waals surface area contributed by atoms with Gasteiger partial charge < -0.3 is 4.74 Å². The molecule has 0 radical (unpaired) electrons. The first kappa shape index (κ1) is 10.9. The van der Waals surface area contributed by atoms with Crippen molar-refractivity contribution in [2.45, 2.75) is 6.92 Å². The van der Waals surface area contributed by atoms with Gasteiger partial charge in [0.25, 0.3) is 0 Å². The van der Waals surface area contributed by atoms with Crippen LogP contribution in [-0.4, -0.2) is 19.4 Å². The Kier molecular flexibility index (Phi) is 3.19. The molecule has 0 saturated carbocycles. The van der Waals surface area contributed by atoms with Crippen LogP contribution in [0.3, 0.4) is 0 Å². The lowest BCUT2D eigenvalue weighted by Gasteiger charge is -2.04. The van der Waals surface area contributed by atoms with Gasteiger partial charge in [0.15, 0.2) is 6.29 Å². The molecule has 0 fully saturated rings. The molecule has 76 valence electrons. The van der Waals surface area contributed by atoms with E-state index in [2.05, 4.69) is 4.74 Å². The number of hydrogen-bond acceptors (Lipinski definition) is 4. The molecular weight excluding hydrogens is 194 g/mol. The normalized spacial score (nSPS) is 9.13. The van der Waals surface area contributed by atoms with Crippen LogP contribution in [0, 0.1) is 18.3 Å². The number of ether oxygens (including phenoxy) is 1. The quantitative estimate of drug-likeness (QED) is 0.539. The van der Waals surface area contributed by atoms with Crippen LogP contribution in [-0.2, 0) is 4.74 Å². The van der Waals surface area contributed by atoms with Gasteiger partial charge in [-0.2, -0.15) is 5.26 Å². The number of benzene rings is 1. The minimum Gasteiger partial charge on any atom is -0.465 e. The maximum atomic E-state index is 11.2. The van der Waals surface area contributed by atoms with E-state index in [0.29, 0.717) is 17.4 Å². The first-order chi connectivity index (χ1) is 7.13. The van der Waals surface area contributed by atoms with Crippen LogP contribution in [0.1, 0.15) is 31.8 Å². The van der Waals surface area contributed by atoms with E-state index in [1.165, 1.54) is 19.2 Å². The third-order valence-corrected chi connectivity index (χ3v) is 2.05. The Morgan fingerprint density at radius 1 is 1.53 bits per heavy atom. The monoisotopic (exact) mass is 203 g/mol. The van der Waals surface area contributed by atoms with Crippen molar-refractivity contribution in [2.75, 3.05) is 7.11 Å². The van der Waals surface area contributed by atoms with Gasteiger partial charge in [0.1, 0.15) is 0 Å². The number of aryl methyl sites for hydroxylation is 1. The Balaban J connectivity index is 3.40. The highest BCUT2D eigenvalue weighted by Crippen LogP contribution is 2.15. The Hall–Kier alpha value is -2.15. The highest BCUT2D eigenvalue weighted by molar-refractivity contribution is 5.92. The summed E-state index contributed by atoms with van der Waals surface area (Å²) in [4.78, 5) is 21.9. The number of esters is 1. The zero-order valence-corrected chi connectivity index (χ0v) is 8.40. The topological polar surface area (TPSA) is 67.2 Å². The second kappa shape index (κ2) is 4.38. The van der Waals surface area contributed by atoms with Gasteiger partial charge in [-0.25, -0.2) is 4.79 Å². The van der Waals surface area contributed by atoms with Crippen LogP contribution in [0.5, 0.6) is 0 Å². The van der Waals surface area contributed by atoms with Crippen molar-refractivity contribution in [1.82, 2.24) is 0 Å². The summed E-state index contributed by atoms with van der Waals surface area (Å²) in [7, 11) is 1.26. The molecule has 0 unspecified atom stereocenters. The van der Waals surface area contributed by atoms with Crippen molar-refractivity contribution in [2.24, 2.45) is 0 Å². The smallest absolute Gasteiger partial charge is 0.337 e. The number of carbonyl (C=O) groups is 2. The molecule has 0 amide bonds. The number of rotatable bonds is 2. The zero-order chi connectivity index (χ0) is 11.4. The number of methoxy groups -OCH3 is 1. The predicted octanol–water partition coefficient (Wildman–Crippen LogP) is 1.47. The highest BCUT2D eigenvalue weighted by Gasteiger charge is 2.12. The molecule has 0 saturated heterocycles. The van der Waals surface area contributed by atoms with Crippen LogP contribution in [0.25, 0.3) is 0 Å². The maximum absolute atomic E-state index is 11.2. The molecule has 0 aromatic heterocycles. The molecule has 0 aliphatic carbocycles. The molecule has 0 heterocycles. The molecule has 1 rings (SSSR count). The second-order valence-corrected chi connectivity index (χ2v) is 2.98. The summed E-state index contributed by atoms with van der Waals surface area (Å²) in [6.45, 7) is 1.66. The average molecular weight is 203 g/mol. The molecular formula is C11H9NO3. The summed E-state index contributed by atoms with van der Waals surface area (Å²) in [6, 6.07) is 4.74. The molecule has 4 nitrogen and oxygen atoms in total. The minimum absolute atomic E-state index is 0.186. The van der Waals surface area contributed by atoms with Gasteiger partial charge in [0, 0.05) is 5.56 Å². The van der Waals surface area contributed by atoms with Gasteiger partial charge >= 0.3 is 5.97 Å². The fourth-order valence-corrected chi connectivity index (χ4v) is 1.28. The molecule has 0 aliphatic rings. The van der Waals surface area contributed by atoms with E-state index in [1.807, 2.05) is 6.07 Å². The third kappa shape index (κ3) is 2.02. The van der Waals surface area contributed by atoms with E-state index >= 15 is 0 Å². The van der Waals surface area contributed by atoms with Gasteiger partial charge in [-0.1, -0.05) is 0 Å². The van der Waals surface area contributed by atoms with E-state index in [-0.39, 0.29) is 11.1 Å². The number of nitrogens with zero attached hydrogens (tertiary/aromatic N) is 1. The SMILES string of the molecule is COC(=O)c1cc(C)c(C=O)c(C#N)c1. The molecule has 4 heteroatoms. The molecule has 0 aliphatic heterocycles. The number of nitriles is 1. The first-order valence-electron chi connectivity index (χ1n) is 4.22. The van der Waals surface area contributed by atoms with Gasteiger partial charge in [-0.15, -0.1) is 0 Å². The summed E-state index contributed by atoms with van der Waals surface area (Å²) < 4.78 is 4.53. The van der Waals surface area contributed by atoms with E-state index in [1.54, 1.807) is 6.92 Å². The van der Waals surface area contributed by atoms with E-state index in [0.717, 1.165) is 0 Å². The van der Waals surface area contributed by atoms with Crippen molar-refractivity contribution >= 4 is 12.3 Å². The van der Waals surface area contributed by atoms with Crippen molar-refractivity contribution in [1.29, 1.82) is 5.26 Å². The number of aldehydes is 1. The molecule has 0 N–H and O–H groups in total. The zero-order valence-electron chi connectivity index (χ0n) is 8.40. The Labute approximate surface area is 87.1 Å². The van der Waals surface area contributed by atoms with Crippen LogP contribution in [0.2, 0.25) is 0 Å². The maximum Gasteiger partial charge on any atom is 0.337 e. The third-order valence-electron chi connectivity index (χ3n) is 2.05. The summed E-state index contributed by atoms with van der Waals surface area (Å²) in [5.41, 5.74) is 1.36. The fourth-order valence-electron chi connectivity index (χ4n) is 1.28. The van der Waals surface area contributed by atoms with Gasteiger partial charge in [0.05, 0.1) is 24.3 Å². The first-order valence-corrected chi connectivity index (χ1v) is 4.22. The van der Waals surface area contributed by atoms with Gasteiger partial charge in [0.2, 0.25) is 0 Å². The Bertz CT molecular complexity index is 458. The highest BCUT2D eigenvalue weighted by atomic mass is 16.5. The molecule has 0 spiro atoms. The Morgan fingerprint density at radius 2 is 2.20 bits per heavy atom. The summed E-state index contributed by atoms with van der Waals surface area (Å²) >= 11 is 0. The molecule has 15 heavy (non-hydrogen) atoms. The summed E-state index contributed by atoms with van der Waals surface area (Å²) in [5, 5.41) is 8.79. The van der Waals surface area contributed by atoms with Crippen LogP contribution < -0.4 is 0 Å². The average Bonchev–Trinajstić information content (AvgIpc) is 2.26. The van der Waals surface area contributed by atoms with Crippen molar-refractivity contribution in [3.63, 3.8) is 0 Å². The van der Waals surface area contributed by atoms with Crippen LogP contribution in [0.4, 0.5) is 0 Å². The summed E-state index contributed by atoms with van der Waals surface area (Å²) in [6.07, 6.45) is 0.606. The van der Waals surface area contributed by atoms with Crippen LogP contribution >= 0.6 is 0 Å². The van der Waals surface area contributed by atoms with Crippen molar-refractivity contribution in [3.8, 4) is 6.07 Å². The lowest BCUT2D eigenvalue weighted by Crippen LogP contribution is -2.04. The number of hydrogen-bond donors (Lipinski definition) is 0. The molecule has 1 aromatic rings. The van der Waals surface area contributed by atoms with E-state index in [9.17, 15) is 9.59 Å². The van der Waals surface area contributed by atoms with Gasteiger partial charge in [-0.3, -0.25) is 4.79 Å². The van der Waals surface area contributed by atoms with E-state index < -0.39 is 5.97 Å². The molecule has 0 atom stereocenters. The van der Waals surface area contributed by atoms with Crippen LogP contribution in [0.15, 0.2) is 12.1 Å². The van der Waals surface area contributed by atoms with Gasteiger partial charge in [-0.05, 0) is 24.6 Å². The van der Waals surface area contributed by atoms with Crippen molar-refractivity contribution in [3.05, 3.63) is 34.4 Å². The van der Waals surface area contributed by atoms with E-state index in [4.69, 9.17) is 5.26 Å². The lowest BCUT2D eigenvalue weighted by molar-refractivity contribution is 0.0600. The molecule has 1 aromatic carbocycles. The second-order valence-electron chi connectivity index (χ2n) is 2.98. The lowest BCUT2D eigenvalue weighted by atomic mass is 10.00.